The van der Waals surface area contributed by atoms with E-state index in [2.05, 4.69) is 0 Å². The Balaban J connectivity index is 2.75. The van der Waals surface area contributed by atoms with E-state index in [-0.39, 0.29) is 28.0 Å². The molecule has 21 heavy (non-hydrogen) atoms. The van der Waals surface area contributed by atoms with Crippen LogP contribution in [-0.2, 0) is 0 Å². The van der Waals surface area contributed by atoms with E-state index in [4.69, 9.17) is 5.73 Å². The highest BCUT2D eigenvalue weighted by molar-refractivity contribution is 8.00. The monoisotopic (exact) mass is 320 g/mol. The van der Waals surface area contributed by atoms with Crippen molar-refractivity contribution in [1.82, 2.24) is 4.90 Å². The maximum absolute atomic E-state index is 12.2. The zero-order valence-corrected chi connectivity index (χ0v) is 13.0. The molecule has 0 heterocycles. The number of thioether (sulfide) groups is 1. The second-order valence-corrected chi connectivity index (χ2v) is 6.74. The van der Waals surface area contributed by atoms with E-state index in [9.17, 15) is 18.0 Å². The molecule has 3 nitrogen and oxygen atoms in total. The number of rotatable bonds is 5. The van der Waals surface area contributed by atoms with Crippen LogP contribution in [0.25, 0.3) is 0 Å². The SMILES string of the molecule is CN(CC(C)(C)CN)C(=O)c1ccc(SC(F)(F)F)cc1. The van der Waals surface area contributed by atoms with Crippen LogP contribution in [-0.4, -0.2) is 36.5 Å². The second-order valence-electron chi connectivity index (χ2n) is 5.60. The molecule has 0 bridgehead atoms. The van der Waals surface area contributed by atoms with E-state index in [1.807, 2.05) is 13.8 Å². The van der Waals surface area contributed by atoms with Crippen LogP contribution in [0, 0.1) is 5.41 Å². The normalized spacial score (nSPS) is 12.3. The minimum Gasteiger partial charge on any atom is -0.341 e. The van der Waals surface area contributed by atoms with E-state index in [1.165, 1.54) is 29.2 Å². The second kappa shape index (κ2) is 6.70. The van der Waals surface area contributed by atoms with Gasteiger partial charge in [0.2, 0.25) is 0 Å². The van der Waals surface area contributed by atoms with Crippen LogP contribution in [0.15, 0.2) is 29.2 Å². The van der Waals surface area contributed by atoms with Gasteiger partial charge < -0.3 is 10.6 Å². The van der Waals surface area contributed by atoms with Crippen molar-refractivity contribution in [2.45, 2.75) is 24.3 Å². The highest BCUT2D eigenvalue weighted by Gasteiger charge is 2.29. The molecule has 0 aliphatic rings. The Bertz CT molecular complexity index is 486. The molecule has 118 valence electrons. The van der Waals surface area contributed by atoms with Gasteiger partial charge in [0, 0.05) is 24.1 Å². The van der Waals surface area contributed by atoms with Crippen molar-refractivity contribution in [3.63, 3.8) is 0 Å². The van der Waals surface area contributed by atoms with Crippen molar-refractivity contribution >= 4 is 17.7 Å². The summed E-state index contributed by atoms with van der Waals surface area (Å²) in [5, 5.41) is 0. The quantitative estimate of drug-likeness (QED) is 0.846. The van der Waals surface area contributed by atoms with E-state index in [0.29, 0.717) is 18.7 Å². The van der Waals surface area contributed by atoms with Crippen LogP contribution < -0.4 is 5.73 Å². The summed E-state index contributed by atoms with van der Waals surface area (Å²) in [6.07, 6.45) is 0. The van der Waals surface area contributed by atoms with Gasteiger partial charge >= 0.3 is 5.51 Å². The lowest BCUT2D eigenvalue weighted by atomic mass is 9.93. The Labute approximate surface area is 126 Å². The fraction of sp³-hybridized carbons (Fsp3) is 0.500. The topological polar surface area (TPSA) is 46.3 Å². The number of nitrogens with two attached hydrogens (primary N) is 1. The Morgan fingerprint density at radius 1 is 1.24 bits per heavy atom. The highest BCUT2D eigenvalue weighted by atomic mass is 32.2. The van der Waals surface area contributed by atoms with Gasteiger partial charge in [-0.3, -0.25) is 4.79 Å². The molecule has 1 aromatic carbocycles. The standard InChI is InChI=1S/C14H19F3N2OS/c1-13(2,8-18)9-19(3)12(20)10-4-6-11(7-5-10)21-14(15,16)17/h4-7H,8-9,18H2,1-3H3. The van der Waals surface area contributed by atoms with Gasteiger partial charge in [-0.25, -0.2) is 0 Å². The van der Waals surface area contributed by atoms with Gasteiger partial charge in [-0.2, -0.15) is 13.2 Å². The molecule has 0 spiro atoms. The summed E-state index contributed by atoms with van der Waals surface area (Å²) in [6.45, 7) is 4.80. The zero-order valence-electron chi connectivity index (χ0n) is 12.2. The number of carbonyl (C=O) groups excluding carboxylic acids is 1. The van der Waals surface area contributed by atoms with Gasteiger partial charge in [-0.05, 0) is 48.0 Å². The molecule has 0 saturated carbocycles. The van der Waals surface area contributed by atoms with Crippen molar-refractivity contribution in [3.8, 4) is 0 Å². The molecule has 0 saturated heterocycles. The third-order valence-electron chi connectivity index (χ3n) is 2.90. The minimum atomic E-state index is -4.33. The number of carbonyl (C=O) groups is 1. The predicted molar refractivity (Wildman–Crippen MR) is 78.1 cm³/mol. The van der Waals surface area contributed by atoms with Crippen LogP contribution in [0.2, 0.25) is 0 Å². The van der Waals surface area contributed by atoms with Gasteiger partial charge in [0.25, 0.3) is 5.91 Å². The van der Waals surface area contributed by atoms with Crippen molar-refractivity contribution in [2.75, 3.05) is 20.1 Å². The number of hydrogen-bond acceptors (Lipinski definition) is 3. The van der Waals surface area contributed by atoms with Gasteiger partial charge in [-0.15, -0.1) is 0 Å². The summed E-state index contributed by atoms with van der Waals surface area (Å²) in [5.74, 6) is -0.236. The summed E-state index contributed by atoms with van der Waals surface area (Å²) >= 11 is -0.198. The highest BCUT2D eigenvalue weighted by Crippen LogP contribution is 2.36. The first-order chi connectivity index (χ1) is 9.54. The van der Waals surface area contributed by atoms with Crippen LogP contribution in [0.3, 0.4) is 0 Å². The predicted octanol–water partition coefficient (Wildman–Crippen LogP) is 3.36. The fourth-order valence-electron chi connectivity index (χ4n) is 1.80. The first kappa shape index (κ1) is 17.8. The summed E-state index contributed by atoms with van der Waals surface area (Å²) in [5.41, 5.74) is 1.45. The van der Waals surface area contributed by atoms with Crippen LogP contribution >= 0.6 is 11.8 Å². The minimum absolute atomic E-state index is 0.0593. The Morgan fingerprint density at radius 3 is 2.19 bits per heavy atom. The maximum Gasteiger partial charge on any atom is 0.446 e. The summed E-state index contributed by atoms with van der Waals surface area (Å²) in [6, 6.07) is 5.41. The largest absolute Gasteiger partial charge is 0.446 e. The number of benzene rings is 1. The Kier molecular flexibility index (Phi) is 5.69. The molecule has 0 aliphatic carbocycles. The molecule has 0 radical (unpaired) electrons. The molecule has 0 atom stereocenters. The van der Waals surface area contributed by atoms with Gasteiger partial charge in [0.05, 0.1) is 0 Å². The smallest absolute Gasteiger partial charge is 0.341 e. The molecule has 1 aromatic rings. The lowest BCUT2D eigenvalue weighted by Gasteiger charge is -2.29. The number of amides is 1. The third kappa shape index (κ3) is 5.97. The summed E-state index contributed by atoms with van der Waals surface area (Å²) < 4.78 is 36.7. The van der Waals surface area contributed by atoms with Crippen LogP contribution in [0.1, 0.15) is 24.2 Å². The molecule has 0 aromatic heterocycles. The van der Waals surface area contributed by atoms with E-state index in [1.54, 1.807) is 7.05 Å². The van der Waals surface area contributed by atoms with Crippen molar-refractivity contribution in [3.05, 3.63) is 29.8 Å². The molecule has 1 amide bonds. The third-order valence-corrected chi connectivity index (χ3v) is 3.64. The molecular weight excluding hydrogens is 301 g/mol. The number of alkyl halides is 3. The summed E-state index contributed by atoms with van der Waals surface area (Å²) in [7, 11) is 1.65. The maximum atomic E-state index is 12.2. The van der Waals surface area contributed by atoms with E-state index in [0.717, 1.165) is 0 Å². The lowest BCUT2D eigenvalue weighted by molar-refractivity contribution is -0.0328. The molecule has 0 fully saturated rings. The van der Waals surface area contributed by atoms with Crippen LogP contribution in [0.5, 0.6) is 0 Å². The fourth-order valence-corrected chi connectivity index (χ4v) is 2.34. The molecule has 2 N–H and O–H groups in total. The molecular formula is C14H19F3N2OS. The average molecular weight is 320 g/mol. The van der Waals surface area contributed by atoms with Crippen molar-refractivity contribution < 1.29 is 18.0 Å². The van der Waals surface area contributed by atoms with Crippen LogP contribution in [0.4, 0.5) is 13.2 Å². The summed E-state index contributed by atoms with van der Waals surface area (Å²) in [4.78, 5) is 13.8. The average Bonchev–Trinajstić information content (AvgIpc) is 2.36. The number of nitrogens with zero attached hydrogens (tertiary/aromatic N) is 1. The first-order valence-electron chi connectivity index (χ1n) is 6.35. The van der Waals surface area contributed by atoms with Gasteiger partial charge in [-0.1, -0.05) is 13.8 Å². The van der Waals surface area contributed by atoms with E-state index >= 15 is 0 Å². The Morgan fingerprint density at radius 2 is 1.76 bits per heavy atom. The van der Waals surface area contributed by atoms with Crippen molar-refractivity contribution in [2.24, 2.45) is 11.1 Å². The van der Waals surface area contributed by atoms with Gasteiger partial charge in [0.1, 0.15) is 0 Å². The molecule has 0 aliphatic heterocycles. The van der Waals surface area contributed by atoms with Gasteiger partial charge in [0.15, 0.2) is 0 Å². The number of hydrogen-bond donors (Lipinski definition) is 1. The van der Waals surface area contributed by atoms with Crippen molar-refractivity contribution in [1.29, 1.82) is 0 Å². The molecule has 0 unspecified atom stereocenters. The molecule has 7 heteroatoms. The molecule has 1 rings (SSSR count). The number of halogens is 3. The zero-order chi connectivity index (χ0) is 16.3. The van der Waals surface area contributed by atoms with E-state index < -0.39 is 5.51 Å². The Hall–Kier alpha value is -1.21. The first-order valence-corrected chi connectivity index (χ1v) is 7.17. The lowest BCUT2D eigenvalue weighted by Crippen LogP contribution is -2.39.